The molecule has 2 aromatic heterocycles. The van der Waals surface area contributed by atoms with Crippen molar-refractivity contribution in [2.45, 2.75) is 53.0 Å². The van der Waals surface area contributed by atoms with Crippen molar-refractivity contribution in [3.8, 4) is 0 Å². The molecule has 8 heteroatoms. The molecule has 3 aromatic rings. The molecule has 1 unspecified atom stereocenters. The first-order valence-electron chi connectivity index (χ1n) is 10.4. The Bertz CT molecular complexity index is 1180. The number of hydrogen-bond donors (Lipinski definition) is 1. The zero-order chi connectivity index (χ0) is 22.7. The maximum Gasteiger partial charge on any atom is 0.348 e. The molecule has 0 aliphatic heterocycles. The fourth-order valence-corrected chi connectivity index (χ4v) is 4.62. The van der Waals surface area contributed by atoms with E-state index < -0.39 is 12.0 Å². The van der Waals surface area contributed by atoms with Crippen molar-refractivity contribution in [3.63, 3.8) is 0 Å². The van der Waals surface area contributed by atoms with Crippen LogP contribution in [0.3, 0.4) is 0 Å². The summed E-state index contributed by atoms with van der Waals surface area (Å²) in [5.41, 5.74) is 1.96. The van der Waals surface area contributed by atoms with E-state index in [1.807, 2.05) is 31.2 Å². The Morgan fingerprint density at radius 3 is 2.58 bits per heavy atom. The third-order valence-corrected chi connectivity index (χ3v) is 6.38. The smallest absolute Gasteiger partial charge is 0.348 e. The molecule has 0 aliphatic carbocycles. The average molecular weight is 442 g/mol. The monoisotopic (exact) mass is 441 g/mol. The zero-order valence-electron chi connectivity index (χ0n) is 18.4. The highest BCUT2D eigenvalue weighted by Crippen LogP contribution is 2.29. The summed E-state index contributed by atoms with van der Waals surface area (Å²) in [6.07, 6.45) is 1.80. The summed E-state index contributed by atoms with van der Waals surface area (Å²) in [4.78, 5) is 43.8. The van der Waals surface area contributed by atoms with Crippen LogP contribution in [0, 0.1) is 6.92 Å². The summed E-state index contributed by atoms with van der Waals surface area (Å²) in [7, 11) is 0. The molecule has 1 aromatic carbocycles. The van der Waals surface area contributed by atoms with E-state index in [0.29, 0.717) is 27.1 Å². The number of nitrogens with one attached hydrogen (secondary N) is 1. The number of esters is 1. The number of carbonyl (C=O) groups is 2. The summed E-state index contributed by atoms with van der Waals surface area (Å²) < 4.78 is 6.43. The van der Waals surface area contributed by atoms with Crippen LogP contribution < -0.4 is 10.9 Å². The minimum atomic E-state index is -0.727. The van der Waals surface area contributed by atoms with Crippen molar-refractivity contribution in [1.82, 2.24) is 9.55 Å². The van der Waals surface area contributed by atoms with Crippen LogP contribution >= 0.6 is 11.3 Å². The molecule has 1 N–H and O–H groups in total. The first kappa shape index (κ1) is 22.7. The summed E-state index contributed by atoms with van der Waals surface area (Å²) in [6.45, 7) is 9.65. The summed E-state index contributed by atoms with van der Waals surface area (Å²) in [5.74, 6) is -0.506. The molecule has 31 heavy (non-hydrogen) atoms. The number of hydrogen-bond acceptors (Lipinski definition) is 6. The first-order chi connectivity index (χ1) is 14.8. The molecule has 0 bridgehead atoms. The van der Waals surface area contributed by atoms with E-state index in [2.05, 4.69) is 24.1 Å². The number of carbonyl (C=O) groups excluding carboxylic acids is 2. The Kier molecular flexibility index (Phi) is 6.90. The second kappa shape index (κ2) is 9.43. The van der Waals surface area contributed by atoms with Crippen LogP contribution in [0.4, 0.5) is 5.69 Å². The standard InChI is InChI=1S/C23H27N3O4S/c1-6-17(20(27)25-16-11-9-8-10-15(16)13(3)4)26-12-24-21-18(22(26)28)14(5)19(31-21)23(29)30-7-2/h8-13,17H,6-7H2,1-5H3,(H,25,27). The van der Waals surface area contributed by atoms with Crippen LogP contribution in [0.15, 0.2) is 35.4 Å². The number of anilines is 1. The number of thiophene rings is 1. The maximum absolute atomic E-state index is 13.3. The van der Waals surface area contributed by atoms with Gasteiger partial charge in [0.25, 0.3) is 5.56 Å². The quantitative estimate of drug-likeness (QED) is 0.539. The molecule has 7 nitrogen and oxygen atoms in total. The lowest BCUT2D eigenvalue weighted by molar-refractivity contribution is -0.119. The molecule has 2 heterocycles. The molecule has 3 rings (SSSR count). The van der Waals surface area contributed by atoms with Crippen molar-refractivity contribution in [1.29, 1.82) is 0 Å². The molecule has 0 radical (unpaired) electrons. The summed E-state index contributed by atoms with van der Waals surface area (Å²) in [5, 5.41) is 3.32. The molecular formula is C23H27N3O4S. The molecule has 0 spiro atoms. The highest BCUT2D eigenvalue weighted by molar-refractivity contribution is 7.20. The van der Waals surface area contributed by atoms with Gasteiger partial charge in [0.05, 0.1) is 18.3 Å². The second-order valence-corrected chi connectivity index (χ2v) is 8.57. The number of aryl methyl sites for hydroxylation is 1. The second-order valence-electron chi connectivity index (χ2n) is 7.57. The molecule has 1 atom stereocenters. The molecular weight excluding hydrogens is 414 g/mol. The van der Waals surface area contributed by atoms with Gasteiger partial charge in [0.2, 0.25) is 5.91 Å². The molecule has 0 aliphatic rings. The summed E-state index contributed by atoms with van der Waals surface area (Å²) in [6, 6.07) is 6.92. The SMILES string of the molecule is CCOC(=O)c1sc2ncn(C(CC)C(=O)Nc3ccccc3C(C)C)c(=O)c2c1C. The van der Waals surface area contributed by atoms with Crippen LogP contribution in [0.1, 0.15) is 66.9 Å². The molecule has 1 amide bonds. The minimum absolute atomic E-state index is 0.243. The highest BCUT2D eigenvalue weighted by Gasteiger charge is 2.25. The van der Waals surface area contributed by atoms with Crippen molar-refractivity contribution in [2.75, 3.05) is 11.9 Å². The van der Waals surface area contributed by atoms with Gasteiger partial charge in [0.1, 0.15) is 15.7 Å². The van der Waals surface area contributed by atoms with Gasteiger partial charge in [-0.05, 0) is 43.4 Å². The molecule has 0 fully saturated rings. The van der Waals surface area contributed by atoms with E-state index in [1.165, 1.54) is 10.9 Å². The van der Waals surface area contributed by atoms with E-state index in [4.69, 9.17) is 4.74 Å². The van der Waals surface area contributed by atoms with Gasteiger partial charge in [-0.1, -0.05) is 39.0 Å². The number of aromatic nitrogens is 2. The van der Waals surface area contributed by atoms with Gasteiger partial charge in [-0.15, -0.1) is 11.3 Å². The Morgan fingerprint density at radius 2 is 1.94 bits per heavy atom. The first-order valence-corrected chi connectivity index (χ1v) is 11.2. The van der Waals surface area contributed by atoms with Crippen molar-refractivity contribution < 1.29 is 14.3 Å². The number of rotatable bonds is 7. The van der Waals surface area contributed by atoms with Crippen LogP contribution in [0.5, 0.6) is 0 Å². The fraction of sp³-hybridized carbons (Fsp3) is 0.391. The number of benzene rings is 1. The van der Waals surface area contributed by atoms with Crippen LogP contribution in [0.2, 0.25) is 0 Å². The van der Waals surface area contributed by atoms with Crippen molar-refractivity contribution in [3.05, 3.63) is 57.0 Å². The molecule has 0 saturated carbocycles. The van der Waals surface area contributed by atoms with Crippen LogP contribution in [-0.4, -0.2) is 28.0 Å². The number of para-hydroxylation sites is 1. The predicted molar refractivity (Wildman–Crippen MR) is 123 cm³/mol. The van der Waals surface area contributed by atoms with Crippen LogP contribution in [0.25, 0.3) is 10.2 Å². The van der Waals surface area contributed by atoms with Gasteiger partial charge >= 0.3 is 5.97 Å². The lowest BCUT2D eigenvalue weighted by atomic mass is 10.0. The number of ether oxygens (including phenoxy) is 1. The Balaban J connectivity index is 2.00. The van der Waals surface area contributed by atoms with Gasteiger partial charge in [-0.25, -0.2) is 9.78 Å². The lowest BCUT2D eigenvalue weighted by Gasteiger charge is -2.20. The van der Waals surface area contributed by atoms with Gasteiger partial charge in [-0.3, -0.25) is 14.2 Å². The average Bonchev–Trinajstić information content (AvgIpc) is 3.08. The minimum Gasteiger partial charge on any atom is -0.462 e. The number of amides is 1. The maximum atomic E-state index is 13.3. The van der Waals surface area contributed by atoms with Gasteiger partial charge in [-0.2, -0.15) is 0 Å². The van der Waals surface area contributed by atoms with Crippen molar-refractivity contribution in [2.24, 2.45) is 0 Å². The largest absolute Gasteiger partial charge is 0.462 e. The molecule has 164 valence electrons. The number of nitrogens with zero attached hydrogens (tertiary/aromatic N) is 2. The Morgan fingerprint density at radius 1 is 1.23 bits per heavy atom. The van der Waals surface area contributed by atoms with E-state index in [1.54, 1.807) is 13.8 Å². The van der Waals surface area contributed by atoms with E-state index in [0.717, 1.165) is 22.6 Å². The third kappa shape index (κ3) is 4.39. The number of fused-ring (bicyclic) bond motifs is 1. The fourth-order valence-electron chi connectivity index (χ4n) is 3.59. The normalized spacial score (nSPS) is 12.2. The van der Waals surface area contributed by atoms with Gasteiger partial charge < -0.3 is 10.1 Å². The Labute approximate surface area is 185 Å². The predicted octanol–water partition coefficient (Wildman–Crippen LogP) is 4.66. The Hall–Kier alpha value is -3.00. The van der Waals surface area contributed by atoms with Gasteiger partial charge in [0, 0.05) is 5.69 Å². The van der Waals surface area contributed by atoms with Crippen molar-refractivity contribution >= 4 is 39.1 Å². The third-order valence-electron chi connectivity index (χ3n) is 5.20. The lowest BCUT2D eigenvalue weighted by Crippen LogP contribution is -2.33. The van der Waals surface area contributed by atoms with E-state index in [9.17, 15) is 14.4 Å². The zero-order valence-corrected chi connectivity index (χ0v) is 19.2. The van der Waals surface area contributed by atoms with E-state index >= 15 is 0 Å². The highest BCUT2D eigenvalue weighted by atomic mass is 32.1. The van der Waals surface area contributed by atoms with Crippen LogP contribution in [-0.2, 0) is 9.53 Å². The summed E-state index contributed by atoms with van der Waals surface area (Å²) >= 11 is 1.13. The van der Waals surface area contributed by atoms with Gasteiger partial charge in [0.15, 0.2) is 0 Å². The topological polar surface area (TPSA) is 90.3 Å². The molecule has 0 saturated heterocycles. The van der Waals surface area contributed by atoms with E-state index in [-0.39, 0.29) is 24.0 Å².